The van der Waals surface area contributed by atoms with E-state index in [1.165, 1.54) is 5.56 Å². The Kier molecular flexibility index (Phi) is 9.20. The molecule has 0 aliphatic rings. The van der Waals surface area contributed by atoms with Crippen molar-refractivity contribution in [1.82, 2.24) is 0 Å². The molecule has 1 atom stereocenters. The zero-order chi connectivity index (χ0) is 18.2. The van der Waals surface area contributed by atoms with E-state index in [0.29, 0.717) is 29.8 Å². The smallest absolute Gasteiger partial charge is 0.200 e. The van der Waals surface area contributed by atoms with Crippen molar-refractivity contribution in [2.75, 3.05) is 13.2 Å². The van der Waals surface area contributed by atoms with Gasteiger partial charge in [0, 0.05) is 13.2 Å². The molecule has 0 spiro atoms. The van der Waals surface area contributed by atoms with Crippen LogP contribution in [0.4, 0.5) is 0 Å². The summed E-state index contributed by atoms with van der Waals surface area (Å²) in [6.45, 7) is 15.8. The standard InChI is InChI=1S/C20H37NO2Si/c1-16(2)24(17(3)4,18(5)6)23-13-12-20(14-21)22-15-19-10-8-7-9-11-19/h7-11,16-18,20H,12-15,21H2,1-6H3/t20-/m1/s1. The maximum Gasteiger partial charge on any atom is 0.200 e. The van der Waals surface area contributed by atoms with Crippen molar-refractivity contribution >= 4 is 8.32 Å². The number of nitrogens with two attached hydrogens (primary N) is 1. The first kappa shape index (κ1) is 21.4. The molecule has 0 saturated carbocycles. The van der Waals surface area contributed by atoms with Crippen LogP contribution in [0.15, 0.2) is 30.3 Å². The first-order valence-electron chi connectivity index (χ1n) is 9.34. The van der Waals surface area contributed by atoms with Crippen molar-refractivity contribution in [3.8, 4) is 0 Å². The van der Waals surface area contributed by atoms with Crippen LogP contribution in [0.2, 0.25) is 16.6 Å². The molecule has 0 heterocycles. The Morgan fingerprint density at radius 1 is 0.917 bits per heavy atom. The van der Waals surface area contributed by atoms with Gasteiger partial charge in [-0.2, -0.15) is 0 Å². The summed E-state index contributed by atoms with van der Waals surface area (Å²) in [6, 6.07) is 10.3. The van der Waals surface area contributed by atoms with Gasteiger partial charge in [0.25, 0.3) is 0 Å². The number of ether oxygens (including phenoxy) is 1. The third-order valence-corrected chi connectivity index (χ3v) is 11.2. The van der Waals surface area contributed by atoms with Gasteiger partial charge >= 0.3 is 0 Å². The number of hydrogen-bond donors (Lipinski definition) is 1. The van der Waals surface area contributed by atoms with Crippen LogP contribution in [0.5, 0.6) is 0 Å². The van der Waals surface area contributed by atoms with E-state index in [0.717, 1.165) is 13.0 Å². The summed E-state index contributed by atoms with van der Waals surface area (Å²) in [5, 5.41) is 0. The second kappa shape index (κ2) is 10.3. The molecule has 1 aromatic carbocycles. The van der Waals surface area contributed by atoms with Crippen molar-refractivity contribution in [3.63, 3.8) is 0 Å². The van der Waals surface area contributed by atoms with Crippen LogP contribution in [0, 0.1) is 0 Å². The summed E-state index contributed by atoms with van der Waals surface area (Å²) in [5.41, 5.74) is 8.91. The minimum atomic E-state index is -1.79. The van der Waals surface area contributed by atoms with Gasteiger partial charge in [-0.05, 0) is 28.6 Å². The maximum atomic E-state index is 6.60. The molecule has 0 amide bonds. The topological polar surface area (TPSA) is 44.5 Å². The maximum absolute atomic E-state index is 6.60. The lowest BCUT2D eigenvalue weighted by Crippen LogP contribution is -2.48. The van der Waals surface area contributed by atoms with E-state index in [1.54, 1.807) is 0 Å². The van der Waals surface area contributed by atoms with Crippen molar-refractivity contribution < 1.29 is 9.16 Å². The highest BCUT2D eigenvalue weighted by Crippen LogP contribution is 2.42. The molecule has 0 aliphatic carbocycles. The first-order valence-corrected chi connectivity index (χ1v) is 11.5. The highest BCUT2D eigenvalue weighted by atomic mass is 28.4. The van der Waals surface area contributed by atoms with E-state index in [-0.39, 0.29) is 6.10 Å². The van der Waals surface area contributed by atoms with Gasteiger partial charge in [0.1, 0.15) is 0 Å². The average molecular weight is 352 g/mol. The predicted molar refractivity (Wildman–Crippen MR) is 106 cm³/mol. The molecule has 1 aromatic rings. The van der Waals surface area contributed by atoms with Gasteiger partial charge in [-0.3, -0.25) is 0 Å². The van der Waals surface area contributed by atoms with Crippen LogP contribution in [0.25, 0.3) is 0 Å². The molecule has 0 unspecified atom stereocenters. The van der Waals surface area contributed by atoms with Crippen LogP contribution in [0.3, 0.4) is 0 Å². The lowest BCUT2D eigenvalue weighted by atomic mass is 10.2. The summed E-state index contributed by atoms with van der Waals surface area (Å²) >= 11 is 0. The molecule has 0 aliphatic heterocycles. The third kappa shape index (κ3) is 5.69. The molecule has 0 radical (unpaired) electrons. The molecular weight excluding hydrogens is 314 g/mol. The predicted octanol–water partition coefficient (Wildman–Crippen LogP) is 5.11. The lowest BCUT2D eigenvalue weighted by Gasteiger charge is -2.42. The lowest BCUT2D eigenvalue weighted by molar-refractivity contribution is 0.0306. The molecule has 0 bridgehead atoms. The Morgan fingerprint density at radius 3 is 1.92 bits per heavy atom. The normalized spacial score (nSPS) is 13.9. The fourth-order valence-electron chi connectivity index (χ4n) is 3.92. The van der Waals surface area contributed by atoms with E-state index in [1.807, 2.05) is 18.2 Å². The van der Waals surface area contributed by atoms with Gasteiger partial charge in [0.15, 0.2) is 8.32 Å². The molecule has 4 heteroatoms. The monoisotopic (exact) mass is 351 g/mol. The Bertz CT molecular complexity index is 426. The number of rotatable bonds is 11. The summed E-state index contributed by atoms with van der Waals surface area (Å²) in [5.74, 6) is 0. The first-order chi connectivity index (χ1) is 11.3. The Morgan fingerprint density at radius 2 is 1.46 bits per heavy atom. The Hall–Kier alpha value is -0.683. The molecule has 3 nitrogen and oxygen atoms in total. The highest BCUT2D eigenvalue weighted by molar-refractivity contribution is 6.77. The van der Waals surface area contributed by atoms with Gasteiger partial charge in [0.05, 0.1) is 12.7 Å². The third-order valence-electron chi connectivity index (χ3n) is 5.09. The summed E-state index contributed by atoms with van der Waals surface area (Å²) in [6.07, 6.45) is 0.924. The Balaban J connectivity index is 2.55. The Labute approximate surface area is 150 Å². The van der Waals surface area contributed by atoms with E-state index in [2.05, 4.69) is 53.7 Å². The molecule has 24 heavy (non-hydrogen) atoms. The molecular formula is C20H37NO2Si. The van der Waals surface area contributed by atoms with Crippen molar-refractivity contribution in [3.05, 3.63) is 35.9 Å². The van der Waals surface area contributed by atoms with E-state index in [9.17, 15) is 0 Å². The largest absolute Gasteiger partial charge is 0.416 e. The average Bonchev–Trinajstić information content (AvgIpc) is 2.54. The summed E-state index contributed by atoms with van der Waals surface area (Å²) in [7, 11) is -1.79. The molecule has 138 valence electrons. The van der Waals surface area contributed by atoms with Crippen LogP contribution >= 0.6 is 0 Å². The zero-order valence-corrected chi connectivity index (χ0v) is 17.4. The summed E-state index contributed by atoms with van der Waals surface area (Å²) < 4.78 is 12.6. The van der Waals surface area contributed by atoms with Crippen LogP contribution in [0.1, 0.15) is 53.5 Å². The summed E-state index contributed by atoms with van der Waals surface area (Å²) in [4.78, 5) is 0. The molecule has 2 N–H and O–H groups in total. The molecule has 1 rings (SSSR count). The second-order valence-electron chi connectivity index (χ2n) is 7.61. The number of hydrogen-bond acceptors (Lipinski definition) is 3. The van der Waals surface area contributed by atoms with Gasteiger partial charge in [-0.1, -0.05) is 71.9 Å². The quantitative estimate of drug-likeness (QED) is 0.563. The zero-order valence-electron chi connectivity index (χ0n) is 16.4. The van der Waals surface area contributed by atoms with E-state index < -0.39 is 8.32 Å². The van der Waals surface area contributed by atoms with Gasteiger partial charge in [0.2, 0.25) is 0 Å². The van der Waals surface area contributed by atoms with Crippen LogP contribution in [-0.4, -0.2) is 27.6 Å². The van der Waals surface area contributed by atoms with Gasteiger partial charge in [-0.15, -0.1) is 0 Å². The van der Waals surface area contributed by atoms with E-state index >= 15 is 0 Å². The molecule has 0 saturated heterocycles. The van der Waals surface area contributed by atoms with E-state index in [4.69, 9.17) is 14.9 Å². The minimum Gasteiger partial charge on any atom is -0.416 e. The SMILES string of the molecule is CC(C)[Si](OCC[C@H](CN)OCc1ccccc1)(C(C)C)C(C)C. The van der Waals surface area contributed by atoms with Crippen molar-refractivity contribution in [2.45, 2.75) is 77.3 Å². The van der Waals surface area contributed by atoms with Gasteiger partial charge < -0.3 is 14.9 Å². The van der Waals surface area contributed by atoms with Gasteiger partial charge in [-0.25, -0.2) is 0 Å². The molecule has 0 aromatic heterocycles. The van der Waals surface area contributed by atoms with Crippen LogP contribution in [-0.2, 0) is 15.8 Å². The minimum absolute atomic E-state index is 0.0587. The second-order valence-corrected chi connectivity index (χ2v) is 13.1. The van der Waals surface area contributed by atoms with Crippen molar-refractivity contribution in [1.29, 1.82) is 0 Å². The van der Waals surface area contributed by atoms with Crippen LogP contribution < -0.4 is 5.73 Å². The number of benzene rings is 1. The van der Waals surface area contributed by atoms with Crippen molar-refractivity contribution in [2.24, 2.45) is 5.73 Å². The highest BCUT2D eigenvalue weighted by Gasteiger charge is 2.44. The molecule has 0 fully saturated rings. The fraction of sp³-hybridized carbons (Fsp3) is 0.700. The fourth-order valence-corrected chi connectivity index (χ4v) is 9.40.